The summed E-state index contributed by atoms with van der Waals surface area (Å²) in [4.78, 5) is 12.0. The lowest BCUT2D eigenvalue weighted by molar-refractivity contribution is 0.237. The number of urea groups is 1. The normalized spacial score (nSPS) is 11.0. The van der Waals surface area contributed by atoms with Crippen molar-refractivity contribution in [2.24, 2.45) is 0 Å². The molecule has 2 N–H and O–H groups in total. The molecule has 0 aliphatic carbocycles. The maximum Gasteiger partial charge on any atom is 0.315 e. The molecule has 2 aromatic rings. The zero-order valence-electron chi connectivity index (χ0n) is 14.2. The minimum Gasteiger partial charge on any atom is -0.497 e. The zero-order chi connectivity index (χ0) is 17.6. The van der Waals surface area contributed by atoms with Gasteiger partial charge in [-0.2, -0.15) is 0 Å². The van der Waals surface area contributed by atoms with Gasteiger partial charge in [-0.3, -0.25) is 0 Å². The molecule has 2 aromatic carbocycles. The highest BCUT2D eigenvalue weighted by atomic mass is 19.1. The summed E-state index contributed by atoms with van der Waals surface area (Å²) in [6, 6.07) is 13.8. The lowest BCUT2D eigenvalue weighted by atomic mass is 9.84. The largest absolute Gasteiger partial charge is 0.497 e. The van der Waals surface area contributed by atoms with E-state index >= 15 is 0 Å². The lowest BCUT2D eigenvalue weighted by Crippen LogP contribution is -2.42. The third-order valence-corrected chi connectivity index (χ3v) is 3.88. The van der Waals surface area contributed by atoms with Crippen LogP contribution in [-0.4, -0.2) is 19.7 Å². The molecule has 0 spiro atoms. The number of ether oxygens (including phenoxy) is 1. The molecule has 2 amide bonds. The summed E-state index contributed by atoms with van der Waals surface area (Å²) in [5.41, 5.74) is 1.02. The molecule has 0 bridgehead atoms. The Balaban J connectivity index is 1.87. The molecule has 0 aliphatic heterocycles. The maximum atomic E-state index is 13.9. The van der Waals surface area contributed by atoms with Gasteiger partial charge < -0.3 is 15.4 Å². The number of carbonyl (C=O) groups is 1. The number of hydrogen-bond donors (Lipinski definition) is 2. The van der Waals surface area contributed by atoms with Crippen molar-refractivity contribution in [2.75, 3.05) is 13.7 Å². The Hall–Kier alpha value is -2.56. The van der Waals surface area contributed by atoms with Gasteiger partial charge in [0.25, 0.3) is 0 Å². The molecular weight excluding hydrogens is 307 g/mol. The summed E-state index contributed by atoms with van der Waals surface area (Å²) < 4.78 is 19.1. The second-order valence-electron chi connectivity index (χ2n) is 6.25. The molecule has 5 heteroatoms. The molecular formula is C19H23FN2O2. The highest BCUT2D eigenvalue weighted by molar-refractivity contribution is 5.74. The van der Waals surface area contributed by atoms with E-state index in [2.05, 4.69) is 10.6 Å². The first-order valence-corrected chi connectivity index (χ1v) is 7.82. The minimum absolute atomic E-state index is 0.263. The Kier molecular flexibility index (Phi) is 5.79. The van der Waals surface area contributed by atoms with Gasteiger partial charge in [-0.25, -0.2) is 9.18 Å². The Morgan fingerprint density at radius 1 is 1.12 bits per heavy atom. The Labute approximate surface area is 142 Å². The highest BCUT2D eigenvalue weighted by Crippen LogP contribution is 2.24. The van der Waals surface area contributed by atoms with Crippen LogP contribution >= 0.6 is 0 Å². The average molecular weight is 330 g/mol. The molecule has 0 aliphatic rings. The number of amides is 2. The van der Waals surface area contributed by atoms with Crippen LogP contribution in [0.4, 0.5) is 9.18 Å². The van der Waals surface area contributed by atoms with Gasteiger partial charge in [-0.15, -0.1) is 0 Å². The number of carbonyl (C=O) groups excluding carboxylic acids is 1. The maximum absolute atomic E-state index is 13.9. The number of rotatable bonds is 6. The SMILES string of the molecule is COc1cccc(CNC(=O)NCC(C)(C)c2ccccc2F)c1. The molecule has 0 fully saturated rings. The second-order valence-corrected chi connectivity index (χ2v) is 6.25. The van der Waals surface area contributed by atoms with E-state index in [1.165, 1.54) is 6.07 Å². The van der Waals surface area contributed by atoms with Crippen molar-refractivity contribution >= 4 is 6.03 Å². The first-order chi connectivity index (χ1) is 11.4. The molecule has 2 rings (SSSR count). The summed E-state index contributed by atoms with van der Waals surface area (Å²) in [5.74, 6) is 0.483. The van der Waals surface area contributed by atoms with Gasteiger partial charge >= 0.3 is 6.03 Å². The number of halogens is 1. The number of benzene rings is 2. The van der Waals surface area contributed by atoms with E-state index in [9.17, 15) is 9.18 Å². The van der Waals surface area contributed by atoms with Gasteiger partial charge in [0.1, 0.15) is 11.6 Å². The molecule has 0 aromatic heterocycles. The van der Waals surface area contributed by atoms with Crippen LogP contribution in [0, 0.1) is 5.82 Å². The van der Waals surface area contributed by atoms with Crippen molar-refractivity contribution in [1.29, 1.82) is 0 Å². The summed E-state index contributed by atoms with van der Waals surface area (Å²) in [5, 5.41) is 5.59. The topological polar surface area (TPSA) is 50.4 Å². The molecule has 0 radical (unpaired) electrons. The second kappa shape index (κ2) is 7.81. The fourth-order valence-electron chi connectivity index (χ4n) is 2.43. The van der Waals surface area contributed by atoms with Gasteiger partial charge in [0, 0.05) is 18.5 Å². The smallest absolute Gasteiger partial charge is 0.315 e. The van der Waals surface area contributed by atoms with Gasteiger partial charge in [-0.1, -0.05) is 44.2 Å². The summed E-state index contributed by atoms with van der Waals surface area (Å²) >= 11 is 0. The zero-order valence-corrected chi connectivity index (χ0v) is 14.2. The van der Waals surface area contributed by atoms with E-state index in [-0.39, 0.29) is 11.8 Å². The van der Waals surface area contributed by atoms with Gasteiger partial charge in [0.15, 0.2) is 0 Å². The monoisotopic (exact) mass is 330 g/mol. The number of hydrogen-bond acceptors (Lipinski definition) is 2. The Morgan fingerprint density at radius 3 is 2.58 bits per heavy atom. The minimum atomic E-state index is -0.501. The fourth-order valence-corrected chi connectivity index (χ4v) is 2.43. The van der Waals surface area contributed by atoms with Gasteiger partial charge in [0.05, 0.1) is 7.11 Å². The van der Waals surface area contributed by atoms with Crippen LogP contribution in [-0.2, 0) is 12.0 Å². The van der Waals surface area contributed by atoms with Crippen LogP contribution in [0.25, 0.3) is 0 Å². The van der Waals surface area contributed by atoms with Crippen LogP contribution in [0.1, 0.15) is 25.0 Å². The summed E-state index contributed by atoms with van der Waals surface area (Å²) in [7, 11) is 1.60. The first-order valence-electron chi connectivity index (χ1n) is 7.82. The third kappa shape index (κ3) is 4.72. The van der Waals surface area contributed by atoms with E-state index in [4.69, 9.17) is 4.74 Å². The van der Waals surface area contributed by atoms with Crippen LogP contribution in [0.5, 0.6) is 5.75 Å². The number of nitrogens with one attached hydrogen (secondary N) is 2. The summed E-state index contributed by atoms with van der Waals surface area (Å²) in [6.45, 7) is 4.52. The lowest BCUT2D eigenvalue weighted by Gasteiger charge is -2.26. The molecule has 4 nitrogen and oxygen atoms in total. The fraction of sp³-hybridized carbons (Fsp3) is 0.316. The predicted octanol–water partition coefficient (Wildman–Crippen LogP) is 3.61. The molecule has 24 heavy (non-hydrogen) atoms. The highest BCUT2D eigenvalue weighted by Gasteiger charge is 2.24. The van der Waals surface area contributed by atoms with Crippen molar-refractivity contribution in [3.8, 4) is 5.75 Å². The number of methoxy groups -OCH3 is 1. The Morgan fingerprint density at radius 2 is 1.88 bits per heavy atom. The average Bonchev–Trinajstić information content (AvgIpc) is 2.58. The molecule has 0 unspecified atom stereocenters. The van der Waals surface area contributed by atoms with E-state index in [1.807, 2.05) is 38.1 Å². The molecule has 128 valence electrons. The predicted molar refractivity (Wildman–Crippen MR) is 92.7 cm³/mol. The molecule has 0 saturated heterocycles. The molecule has 0 saturated carbocycles. The van der Waals surface area contributed by atoms with E-state index in [0.29, 0.717) is 18.7 Å². The quantitative estimate of drug-likeness (QED) is 0.850. The van der Waals surface area contributed by atoms with E-state index in [0.717, 1.165) is 11.3 Å². The summed E-state index contributed by atoms with van der Waals surface area (Å²) in [6.07, 6.45) is 0. The van der Waals surface area contributed by atoms with Crippen LogP contribution < -0.4 is 15.4 Å². The van der Waals surface area contributed by atoms with E-state index in [1.54, 1.807) is 25.3 Å². The van der Waals surface area contributed by atoms with Gasteiger partial charge in [0.2, 0.25) is 0 Å². The van der Waals surface area contributed by atoms with Crippen molar-refractivity contribution in [2.45, 2.75) is 25.8 Å². The molecule has 0 heterocycles. The van der Waals surface area contributed by atoms with Crippen LogP contribution in [0.15, 0.2) is 48.5 Å². The van der Waals surface area contributed by atoms with Crippen LogP contribution in [0.2, 0.25) is 0 Å². The third-order valence-electron chi connectivity index (χ3n) is 3.88. The van der Waals surface area contributed by atoms with Gasteiger partial charge in [-0.05, 0) is 29.3 Å². The van der Waals surface area contributed by atoms with E-state index < -0.39 is 5.41 Å². The van der Waals surface area contributed by atoms with Crippen LogP contribution in [0.3, 0.4) is 0 Å². The van der Waals surface area contributed by atoms with Crippen molar-refractivity contribution < 1.29 is 13.9 Å². The van der Waals surface area contributed by atoms with Crippen molar-refractivity contribution in [3.05, 3.63) is 65.5 Å². The Bertz CT molecular complexity index is 701. The first kappa shape index (κ1) is 17.8. The standard InChI is InChI=1S/C19H23FN2O2/c1-19(2,16-9-4-5-10-17(16)20)13-22-18(23)21-12-14-7-6-8-15(11-14)24-3/h4-11H,12-13H2,1-3H3,(H2,21,22,23). The van der Waals surface area contributed by atoms with Crippen molar-refractivity contribution in [3.63, 3.8) is 0 Å². The molecule has 0 atom stereocenters. The van der Waals surface area contributed by atoms with Crippen molar-refractivity contribution in [1.82, 2.24) is 10.6 Å².